The lowest BCUT2D eigenvalue weighted by Gasteiger charge is -2.42. The molecule has 2 fully saturated rings. The lowest BCUT2D eigenvalue weighted by Crippen LogP contribution is -2.54. The van der Waals surface area contributed by atoms with E-state index in [2.05, 4.69) is 5.32 Å². The zero-order chi connectivity index (χ0) is 35.2. The molecule has 1 aromatic rings. The van der Waals surface area contributed by atoms with E-state index in [9.17, 15) is 24.0 Å². The third kappa shape index (κ3) is 9.04. The highest BCUT2D eigenvalue weighted by atomic mass is 16.7. The highest BCUT2D eigenvalue weighted by molar-refractivity contribution is 6.05. The number of benzene rings is 1. The molecule has 266 valence electrons. The van der Waals surface area contributed by atoms with Gasteiger partial charge < -0.3 is 34.1 Å². The van der Waals surface area contributed by atoms with Crippen molar-refractivity contribution in [3.63, 3.8) is 0 Å². The highest BCUT2D eigenvalue weighted by Gasteiger charge is 2.42. The number of hydrogen-bond donors (Lipinski definition) is 1. The van der Waals surface area contributed by atoms with Crippen LogP contribution in [0.25, 0.3) is 0 Å². The van der Waals surface area contributed by atoms with Crippen molar-refractivity contribution >= 4 is 35.3 Å². The molecule has 0 bridgehead atoms. The quantitative estimate of drug-likeness (QED) is 0.260. The van der Waals surface area contributed by atoms with E-state index < -0.39 is 17.9 Å². The van der Waals surface area contributed by atoms with Crippen molar-refractivity contribution in [2.75, 3.05) is 50.8 Å². The monoisotopic (exact) mass is 672 g/mol. The molecular formula is C35H52N4O9. The second kappa shape index (κ2) is 16.1. The Morgan fingerprint density at radius 2 is 1.79 bits per heavy atom. The molecule has 2 atom stereocenters. The van der Waals surface area contributed by atoms with Crippen molar-refractivity contribution in [2.24, 2.45) is 5.92 Å². The smallest absolute Gasteiger partial charge is 0.323 e. The molecule has 0 saturated carbocycles. The van der Waals surface area contributed by atoms with Gasteiger partial charge in [-0.05, 0) is 84.5 Å². The van der Waals surface area contributed by atoms with Gasteiger partial charge in [0.05, 0.1) is 18.2 Å². The summed E-state index contributed by atoms with van der Waals surface area (Å²) >= 11 is 0. The first-order valence-electron chi connectivity index (χ1n) is 17.2. The molecular weight excluding hydrogens is 620 g/mol. The Kier molecular flexibility index (Phi) is 12.5. The van der Waals surface area contributed by atoms with Gasteiger partial charge in [-0.15, -0.1) is 0 Å². The number of nitrogens with zero attached hydrogens (tertiary/aromatic N) is 3. The van der Waals surface area contributed by atoms with Gasteiger partial charge in [-0.25, -0.2) is 0 Å². The molecule has 0 spiro atoms. The van der Waals surface area contributed by atoms with Crippen molar-refractivity contribution in [3.8, 4) is 5.75 Å². The second-order valence-electron chi connectivity index (χ2n) is 13.6. The molecule has 1 N–H and O–H groups in total. The molecule has 0 unspecified atom stereocenters. The summed E-state index contributed by atoms with van der Waals surface area (Å²) in [5.41, 5.74) is 0.551. The van der Waals surface area contributed by atoms with Gasteiger partial charge in [-0.2, -0.15) is 0 Å². The number of likely N-dealkylation sites (tertiary alicyclic amines) is 1. The van der Waals surface area contributed by atoms with Crippen LogP contribution in [0.4, 0.5) is 5.69 Å². The van der Waals surface area contributed by atoms with Crippen LogP contribution in [0.1, 0.15) is 89.6 Å². The minimum Gasteiger partial charge on any atom is -0.476 e. The highest BCUT2D eigenvalue weighted by Crippen LogP contribution is 2.40. The molecule has 3 aliphatic heterocycles. The van der Waals surface area contributed by atoms with Crippen molar-refractivity contribution < 1.29 is 42.9 Å². The summed E-state index contributed by atoms with van der Waals surface area (Å²) in [6.45, 7) is 15.1. The number of fused-ring (bicyclic) bond motifs is 1. The van der Waals surface area contributed by atoms with Crippen LogP contribution in [0, 0.1) is 12.8 Å². The van der Waals surface area contributed by atoms with Crippen LogP contribution in [-0.4, -0.2) is 109 Å². The summed E-state index contributed by atoms with van der Waals surface area (Å²) in [5, 5.41) is 2.82. The average molecular weight is 673 g/mol. The van der Waals surface area contributed by atoms with Crippen molar-refractivity contribution in [3.05, 3.63) is 23.3 Å². The van der Waals surface area contributed by atoms with Gasteiger partial charge in [0.2, 0.25) is 12.2 Å². The van der Waals surface area contributed by atoms with Crippen LogP contribution in [0.2, 0.25) is 0 Å². The number of esters is 2. The largest absolute Gasteiger partial charge is 0.476 e. The van der Waals surface area contributed by atoms with E-state index in [4.69, 9.17) is 18.9 Å². The standard InChI is InChI=1S/C35H52N4O9/c1-8-30(40)36-13-15-38-28-19-27(23(4)18-29(28)48-35(6,7)34(38)44)32(42)39(22(2)3)26-10-9-14-37(20-26)21-31(41)46-24(5)47-33(43)25-11-16-45-17-12-25/h18-19,22,24-26H,8-17,20-21H2,1-7H3,(H,36,40)/t24-,26+/m0/s1. The van der Waals surface area contributed by atoms with Crippen LogP contribution in [0.5, 0.6) is 5.75 Å². The first-order chi connectivity index (χ1) is 22.7. The first-order valence-corrected chi connectivity index (χ1v) is 17.2. The predicted molar refractivity (Wildman–Crippen MR) is 177 cm³/mol. The third-order valence-corrected chi connectivity index (χ3v) is 9.08. The van der Waals surface area contributed by atoms with Crippen LogP contribution in [0.15, 0.2) is 12.1 Å². The number of rotatable bonds is 12. The van der Waals surface area contributed by atoms with E-state index in [0.717, 1.165) is 12.8 Å². The zero-order valence-electron chi connectivity index (χ0n) is 29.5. The first kappa shape index (κ1) is 37.1. The van der Waals surface area contributed by atoms with Crippen molar-refractivity contribution in [1.82, 2.24) is 15.1 Å². The Hall–Kier alpha value is -3.71. The van der Waals surface area contributed by atoms with Crippen molar-refractivity contribution in [1.29, 1.82) is 0 Å². The molecule has 1 aromatic carbocycles. The Bertz CT molecular complexity index is 1360. The molecule has 13 nitrogen and oxygen atoms in total. The lowest BCUT2D eigenvalue weighted by atomic mass is 9.97. The van der Waals surface area contributed by atoms with Crippen LogP contribution < -0.4 is 15.0 Å². The summed E-state index contributed by atoms with van der Waals surface area (Å²) < 4.78 is 22.2. The van der Waals surface area contributed by atoms with E-state index >= 15 is 0 Å². The Morgan fingerprint density at radius 1 is 1.08 bits per heavy atom. The summed E-state index contributed by atoms with van der Waals surface area (Å²) in [4.78, 5) is 70.3. The molecule has 0 aromatic heterocycles. The number of anilines is 1. The number of hydrogen-bond acceptors (Lipinski definition) is 10. The van der Waals surface area contributed by atoms with Gasteiger partial charge in [0.1, 0.15) is 5.75 Å². The fourth-order valence-electron chi connectivity index (χ4n) is 6.59. The summed E-state index contributed by atoms with van der Waals surface area (Å²) in [6, 6.07) is 3.20. The van der Waals surface area contributed by atoms with Gasteiger partial charge in [-0.3, -0.25) is 28.9 Å². The van der Waals surface area contributed by atoms with E-state index in [0.29, 0.717) is 68.1 Å². The number of nitrogens with one attached hydrogen (secondary N) is 1. The topological polar surface area (TPSA) is 144 Å². The van der Waals surface area contributed by atoms with Crippen LogP contribution in [-0.2, 0) is 33.4 Å². The van der Waals surface area contributed by atoms with E-state index in [1.54, 1.807) is 37.8 Å². The van der Waals surface area contributed by atoms with Crippen LogP contribution >= 0.6 is 0 Å². The van der Waals surface area contributed by atoms with E-state index in [1.165, 1.54) is 6.92 Å². The lowest BCUT2D eigenvalue weighted by molar-refractivity contribution is -0.189. The maximum absolute atomic E-state index is 14.3. The maximum Gasteiger partial charge on any atom is 0.323 e. The SMILES string of the molecule is CCC(=O)NCCN1C(=O)C(C)(C)Oc2cc(C)c(C(=O)N(C(C)C)[C@@H]3CCCN(CC(=O)O[C@H](C)OC(=O)C4CCOCC4)C3)cc21. The number of carbonyl (C=O) groups excluding carboxylic acids is 5. The fraction of sp³-hybridized carbons (Fsp3) is 0.686. The Balaban J connectivity index is 1.45. The molecule has 2 saturated heterocycles. The number of ether oxygens (including phenoxy) is 4. The maximum atomic E-state index is 14.3. The molecule has 0 aliphatic carbocycles. The van der Waals surface area contributed by atoms with Crippen molar-refractivity contribution in [2.45, 2.75) is 105 Å². The molecule has 4 rings (SSSR count). The van der Waals surface area contributed by atoms with Gasteiger partial charge in [0.25, 0.3) is 11.8 Å². The minimum absolute atomic E-state index is 0.00637. The molecule has 13 heteroatoms. The molecule has 3 amide bonds. The van der Waals surface area contributed by atoms with E-state index in [1.807, 2.05) is 30.6 Å². The molecule has 48 heavy (non-hydrogen) atoms. The average Bonchev–Trinajstić information content (AvgIpc) is 3.02. The fourth-order valence-corrected chi connectivity index (χ4v) is 6.59. The van der Waals surface area contributed by atoms with Gasteiger partial charge in [0.15, 0.2) is 5.60 Å². The Morgan fingerprint density at radius 3 is 2.46 bits per heavy atom. The summed E-state index contributed by atoms with van der Waals surface area (Å²) in [5.74, 6) is -1.18. The number of aryl methyl sites for hydroxylation is 1. The Labute approximate surface area is 283 Å². The number of piperidine rings is 1. The molecule has 3 heterocycles. The second-order valence-corrected chi connectivity index (χ2v) is 13.6. The molecule has 0 radical (unpaired) electrons. The summed E-state index contributed by atoms with van der Waals surface area (Å²) in [7, 11) is 0. The number of amides is 3. The van der Waals surface area contributed by atoms with Gasteiger partial charge in [-0.1, -0.05) is 6.92 Å². The normalized spacial score (nSPS) is 20.4. The number of carbonyl (C=O) groups is 5. The summed E-state index contributed by atoms with van der Waals surface area (Å²) in [6.07, 6.45) is 2.06. The zero-order valence-corrected chi connectivity index (χ0v) is 29.5. The minimum atomic E-state index is -1.11. The molecule has 3 aliphatic rings. The van der Waals surface area contributed by atoms with E-state index in [-0.39, 0.29) is 61.3 Å². The van der Waals surface area contributed by atoms with Crippen LogP contribution in [0.3, 0.4) is 0 Å². The van der Waals surface area contributed by atoms with Gasteiger partial charge in [0, 0.05) is 63.8 Å². The predicted octanol–water partition coefficient (Wildman–Crippen LogP) is 3.20. The third-order valence-electron chi connectivity index (χ3n) is 9.08. The van der Waals surface area contributed by atoms with Gasteiger partial charge >= 0.3 is 11.9 Å².